The van der Waals surface area contributed by atoms with Gasteiger partial charge in [0, 0.05) is 30.4 Å². The molecule has 1 N–H and O–H groups in total. The quantitative estimate of drug-likeness (QED) is 0.787. The first-order valence-corrected chi connectivity index (χ1v) is 6.46. The average Bonchev–Trinajstić information content (AvgIpc) is 2.74. The Hall–Kier alpha value is -0.870. The van der Waals surface area contributed by atoms with E-state index in [0.29, 0.717) is 12.1 Å². The van der Waals surface area contributed by atoms with E-state index in [1.807, 2.05) is 10.9 Å². The van der Waals surface area contributed by atoms with Crippen LogP contribution in [0.5, 0.6) is 0 Å². The van der Waals surface area contributed by atoms with Crippen LogP contribution in [0.3, 0.4) is 0 Å². The minimum atomic E-state index is 0.368. The lowest BCUT2D eigenvalue weighted by Crippen LogP contribution is -2.31. The SMILES string of the molecule is CCn1cc(C(C)NC(C)CCN(C)C)cn1. The van der Waals surface area contributed by atoms with Gasteiger partial charge in [-0.1, -0.05) is 0 Å². The van der Waals surface area contributed by atoms with Gasteiger partial charge >= 0.3 is 0 Å². The van der Waals surface area contributed by atoms with Crippen molar-refractivity contribution in [2.75, 3.05) is 20.6 Å². The lowest BCUT2D eigenvalue weighted by Gasteiger charge is -2.20. The summed E-state index contributed by atoms with van der Waals surface area (Å²) in [6, 6.07) is 0.893. The first-order chi connectivity index (χ1) is 8.02. The molecule has 1 heterocycles. The van der Waals surface area contributed by atoms with Crippen LogP contribution in [-0.4, -0.2) is 41.4 Å². The molecule has 98 valence electrons. The molecule has 0 bridgehead atoms. The second-order valence-corrected chi connectivity index (χ2v) is 5.01. The van der Waals surface area contributed by atoms with E-state index in [4.69, 9.17) is 0 Å². The van der Waals surface area contributed by atoms with Crippen LogP contribution in [0.15, 0.2) is 12.4 Å². The lowest BCUT2D eigenvalue weighted by molar-refractivity contribution is 0.354. The molecular weight excluding hydrogens is 212 g/mol. The minimum absolute atomic E-state index is 0.368. The second kappa shape index (κ2) is 6.77. The zero-order valence-corrected chi connectivity index (χ0v) is 11.8. The molecule has 0 spiro atoms. The molecule has 4 heteroatoms. The summed E-state index contributed by atoms with van der Waals surface area (Å²) in [5, 5.41) is 7.91. The van der Waals surface area contributed by atoms with Gasteiger partial charge < -0.3 is 10.2 Å². The maximum absolute atomic E-state index is 4.31. The highest BCUT2D eigenvalue weighted by molar-refractivity contribution is 5.09. The van der Waals surface area contributed by atoms with Crippen LogP contribution in [0.25, 0.3) is 0 Å². The number of aryl methyl sites for hydroxylation is 1. The van der Waals surface area contributed by atoms with Crippen molar-refractivity contribution in [3.8, 4) is 0 Å². The van der Waals surface area contributed by atoms with Gasteiger partial charge in [-0.05, 0) is 47.8 Å². The van der Waals surface area contributed by atoms with Gasteiger partial charge in [0.2, 0.25) is 0 Å². The summed E-state index contributed by atoms with van der Waals surface area (Å²) >= 11 is 0. The van der Waals surface area contributed by atoms with Gasteiger partial charge in [-0.25, -0.2) is 0 Å². The number of nitrogens with one attached hydrogen (secondary N) is 1. The van der Waals surface area contributed by atoms with Crippen molar-refractivity contribution in [2.24, 2.45) is 0 Å². The third-order valence-electron chi connectivity index (χ3n) is 3.02. The van der Waals surface area contributed by atoms with Gasteiger partial charge in [0.05, 0.1) is 6.20 Å². The Balaban J connectivity index is 2.39. The van der Waals surface area contributed by atoms with E-state index >= 15 is 0 Å². The lowest BCUT2D eigenvalue weighted by atomic mass is 10.1. The van der Waals surface area contributed by atoms with Crippen LogP contribution in [0.2, 0.25) is 0 Å². The van der Waals surface area contributed by atoms with Crippen molar-refractivity contribution >= 4 is 0 Å². The first-order valence-electron chi connectivity index (χ1n) is 6.46. The third kappa shape index (κ3) is 4.88. The summed E-state index contributed by atoms with van der Waals surface area (Å²) in [5.74, 6) is 0. The molecule has 0 aliphatic carbocycles. The molecular formula is C13H26N4. The summed E-state index contributed by atoms with van der Waals surface area (Å²) in [6.07, 6.45) is 5.25. The van der Waals surface area contributed by atoms with Crippen molar-refractivity contribution in [1.29, 1.82) is 0 Å². The maximum atomic E-state index is 4.31. The highest BCUT2D eigenvalue weighted by Gasteiger charge is 2.11. The fraction of sp³-hybridized carbons (Fsp3) is 0.769. The molecule has 0 aliphatic heterocycles. The molecule has 2 unspecified atom stereocenters. The normalized spacial score (nSPS) is 15.2. The molecule has 0 amide bonds. The third-order valence-corrected chi connectivity index (χ3v) is 3.02. The molecule has 0 radical (unpaired) electrons. The topological polar surface area (TPSA) is 33.1 Å². The van der Waals surface area contributed by atoms with E-state index in [2.05, 4.69) is 56.4 Å². The van der Waals surface area contributed by atoms with Crippen LogP contribution < -0.4 is 5.32 Å². The summed E-state index contributed by atoms with van der Waals surface area (Å²) < 4.78 is 1.97. The van der Waals surface area contributed by atoms with E-state index in [0.717, 1.165) is 13.1 Å². The highest BCUT2D eigenvalue weighted by Crippen LogP contribution is 2.12. The van der Waals surface area contributed by atoms with Gasteiger partial charge in [0.25, 0.3) is 0 Å². The monoisotopic (exact) mass is 238 g/mol. The molecule has 0 fully saturated rings. The zero-order valence-electron chi connectivity index (χ0n) is 11.8. The van der Waals surface area contributed by atoms with Crippen molar-refractivity contribution in [1.82, 2.24) is 20.0 Å². The largest absolute Gasteiger partial charge is 0.309 e. The van der Waals surface area contributed by atoms with Crippen LogP contribution in [0.1, 0.15) is 38.8 Å². The number of rotatable bonds is 7. The Bertz CT molecular complexity index is 319. The summed E-state index contributed by atoms with van der Waals surface area (Å²) in [4.78, 5) is 2.22. The van der Waals surface area contributed by atoms with Gasteiger partial charge in [-0.15, -0.1) is 0 Å². The van der Waals surface area contributed by atoms with Crippen molar-refractivity contribution < 1.29 is 0 Å². The number of hydrogen-bond acceptors (Lipinski definition) is 3. The predicted molar refractivity (Wildman–Crippen MR) is 72.1 cm³/mol. The second-order valence-electron chi connectivity index (χ2n) is 5.01. The molecule has 1 aromatic heterocycles. The Morgan fingerprint density at radius 1 is 1.41 bits per heavy atom. The summed E-state index contributed by atoms with van der Waals surface area (Å²) in [5.41, 5.74) is 1.27. The Morgan fingerprint density at radius 2 is 2.12 bits per heavy atom. The molecule has 0 aromatic carbocycles. The number of aromatic nitrogens is 2. The number of hydrogen-bond donors (Lipinski definition) is 1. The number of nitrogens with zero attached hydrogens (tertiary/aromatic N) is 3. The molecule has 2 atom stereocenters. The smallest absolute Gasteiger partial charge is 0.0537 e. The van der Waals surface area contributed by atoms with E-state index < -0.39 is 0 Å². The van der Waals surface area contributed by atoms with Crippen LogP contribution in [0.4, 0.5) is 0 Å². The molecule has 1 aromatic rings. The Morgan fingerprint density at radius 3 is 2.65 bits per heavy atom. The zero-order chi connectivity index (χ0) is 12.8. The van der Waals surface area contributed by atoms with E-state index in [1.165, 1.54) is 12.0 Å². The van der Waals surface area contributed by atoms with E-state index in [9.17, 15) is 0 Å². The maximum Gasteiger partial charge on any atom is 0.0537 e. The van der Waals surface area contributed by atoms with Crippen molar-refractivity contribution in [3.05, 3.63) is 18.0 Å². The van der Waals surface area contributed by atoms with Gasteiger partial charge in [0.15, 0.2) is 0 Å². The Labute approximate surface area is 105 Å². The van der Waals surface area contributed by atoms with Crippen molar-refractivity contribution in [3.63, 3.8) is 0 Å². The summed E-state index contributed by atoms with van der Waals surface area (Å²) in [6.45, 7) is 8.60. The van der Waals surface area contributed by atoms with E-state index in [1.54, 1.807) is 0 Å². The molecule has 0 saturated carbocycles. The standard InChI is InChI=1S/C13H26N4/c1-6-17-10-13(9-14-17)12(3)15-11(2)7-8-16(4)5/h9-12,15H,6-8H2,1-5H3. The molecule has 0 aliphatic rings. The highest BCUT2D eigenvalue weighted by atomic mass is 15.3. The Kier molecular flexibility index (Phi) is 5.65. The minimum Gasteiger partial charge on any atom is -0.309 e. The van der Waals surface area contributed by atoms with E-state index in [-0.39, 0.29) is 0 Å². The van der Waals surface area contributed by atoms with Crippen molar-refractivity contribution in [2.45, 2.75) is 45.8 Å². The molecule has 0 saturated heterocycles. The van der Waals surface area contributed by atoms with Crippen LogP contribution >= 0.6 is 0 Å². The van der Waals surface area contributed by atoms with Gasteiger partial charge in [0.1, 0.15) is 0 Å². The molecule has 17 heavy (non-hydrogen) atoms. The van der Waals surface area contributed by atoms with Crippen LogP contribution in [0, 0.1) is 0 Å². The van der Waals surface area contributed by atoms with Crippen LogP contribution in [-0.2, 0) is 6.54 Å². The summed E-state index contributed by atoms with van der Waals surface area (Å²) in [7, 11) is 4.23. The molecule has 4 nitrogen and oxygen atoms in total. The first kappa shape index (κ1) is 14.2. The fourth-order valence-corrected chi connectivity index (χ4v) is 1.83. The average molecular weight is 238 g/mol. The van der Waals surface area contributed by atoms with Gasteiger partial charge in [-0.2, -0.15) is 5.10 Å². The fourth-order valence-electron chi connectivity index (χ4n) is 1.83. The van der Waals surface area contributed by atoms with Gasteiger partial charge in [-0.3, -0.25) is 4.68 Å². The predicted octanol–water partition coefficient (Wildman–Crippen LogP) is 1.89. The molecule has 1 rings (SSSR count).